The van der Waals surface area contributed by atoms with Crippen LogP contribution in [0.5, 0.6) is 0 Å². The van der Waals surface area contributed by atoms with Crippen LogP contribution in [0.15, 0.2) is 24.3 Å². The predicted octanol–water partition coefficient (Wildman–Crippen LogP) is 2.77. The van der Waals surface area contributed by atoms with E-state index in [1.165, 1.54) is 0 Å². The normalized spacial score (nSPS) is 12.9. The van der Waals surface area contributed by atoms with Crippen LogP contribution in [0.2, 0.25) is 5.02 Å². The molecule has 0 aliphatic rings. The van der Waals surface area contributed by atoms with Gasteiger partial charge in [0.2, 0.25) is 0 Å². The fourth-order valence-corrected chi connectivity index (χ4v) is 1.78. The lowest BCUT2D eigenvalue weighted by atomic mass is 10.1. The van der Waals surface area contributed by atoms with Gasteiger partial charge in [-0.1, -0.05) is 29.8 Å². The number of ether oxygens (including phenoxy) is 1. The summed E-state index contributed by atoms with van der Waals surface area (Å²) < 4.78 is 5.14. The van der Waals surface area contributed by atoms with Crippen molar-refractivity contribution in [3.05, 3.63) is 34.9 Å². The molecule has 106 valence electrons. The van der Waals surface area contributed by atoms with Crippen molar-refractivity contribution in [2.75, 3.05) is 6.61 Å². The van der Waals surface area contributed by atoms with Crippen molar-refractivity contribution < 1.29 is 14.6 Å². The van der Waals surface area contributed by atoms with E-state index in [2.05, 4.69) is 5.32 Å². The second-order valence-electron chi connectivity index (χ2n) is 5.32. The number of aliphatic hydroxyl groups excluding tert-OH is 1. The molecule has 0 fully saturated rings. The van der Waals surface area contributed by atoms with E-state index >= 15 is 0 Å². The quantitative estimate of drug-likeness (QED) is 0.894. The molecular formula is C14H20ClNO3. The molecule has 0 aromatic heterocycles. The molecule has 0 bridgehead atoms. The van der Waals surface area contributed by atoms with Gasteiger partial charge in [-0.3, -0.25) is 0 Å². The Kier molecular flexibility index (Phi) is 5.63. The highest BCUT2D eigenvalue weighted by Gasteiger charge is 2.19. The van der Waals surface area contributed by atoms with E-state index in [0.29, 0.717) is 11.4 Å². The van der Waals surface area contributed by atoms with Gasteiger partial charge in [0.15, 0.2) is 0 Å². The van der Waals surface area contributed by atoms with Gasteiger partial charge in [-0.2, -0.15) is 0 Å². The van der Waals surface area contributed by atoms with Gasteiger partial charge in [0.25, 0.3) is 0 Å². The number of nitrogens with one attached hydrogen (secondary N) is 1. The molecule has 19 heavy (non-hydrogen) atoms. The van der Waals surface area contributed by atoms with Crippen molar-refractivity contribution in [2.24, 2.45) is 0 Å². The molecule has 1 aromatic rings. The van der Waals surface area contributed by atoms with E-state index in [9.17, 15) is 9.90 Å². The van der Waals surface area contributed by atoms with E-state index in [-0.39, 0.29) is 6.61 Å². The first-order valence-electron chi connectivity index (χ1n) is 6.15. The highest BCUT2D eigenvalue weighted by molar-refractivity contribution is 6.31. The molecule has 0 heterocycles. The average molecular weight is 286 g/mol. The van der Waals surface area contributed by atoms with E-state index in [0.717, 1.165) is 5.56 Å². The smallest absolute Gasteiger partial charge is 0.407 e. The number of rotatable bonds is 4. The molecule has 0 spiro atoms. The number of benzene rings is 1. The van der Waals surface area contributed by atoms with Crippen LogP contribution in [-0.2, 0) is 11.2 Å². The molecule has 1 unspecified atom stereocenters. The average Bonchev–Trinajstić information content (AvgIpc) is 2.28. The number of halogens is 1. The van der Waals surface area contributed by atoms with Crippen molar-refractivity contribution in [1.82, 2.24) is 5.32 Å². The highest BCUT2D eigenvalue weighted by atomic mass is 35.5. The van der Waals surface area contributed by atoms with E-state index in [1.807, 2.05) is 18.2 Å². The van der Waals surface area contributed by atoms with Crippen molar-refractivity contribution >= 4 is 17.7 Å². The summed E-state index contributed by atoms with van der Waals surface area (Å²) in [7, 11) is 0. The summed E-state index contributed by atoms with van der Waals surface area (Å²) in [6, 6.07) is 6.92. The number of carbonyl (C=O) groups excluding carboxylic acids is 1. The first kappa shape index (κ1) is 15.8. The van der Waals surface area contributed by atoms with Crippen molar-refractivity contribution in [3.63, 3.8) is 0 Å². The summed E-state index contributed by atoms with van der Waals surface area (Å²) in [5, 5.41) is 12.6. The minimum absolute atomic E-state index is 0.176. The maximum atomic E-state index is 11.6. The predicted molar refractivity (Wildman–Crippen MR) is 75.4 cm³/mol. The summed E-state index contributed by atoms with van der Waals surface area (Å²) in [5.74, 6) is 0. The van der Waals surface area contributed by atoms with Crippen LogP contribution in [0, 0.1) is 0 Å². The third kappa shape index (κ3) is 5.94. The number of aliphatic hydroxyl groups is 1. The molecule has 0 saturated carbocycles. The van der Waals surface area contributed by atoms with E-state index in [4.69, 9.17) is 16.3 Å². The first-order chi connectivity index (χ1) is 8.81. The Labute approximate surface area is 118 Å². The monoisotopic (exact) mass is 285 g/mol. The van der Waals surface area contributed by atoms with Gasteiger partial charge < -0.3 is 15.2 Å². The third-order valence-electron chi connectivity index (χ3n) is 2.37. The van der Waals surface area contributed by atoms with Crippen LogP contribution in [0.25, 0.3) is 0 Å². The Bertz CT molecular complexity index is 429. The molecule has 1 rings (SSSR count). The lowest BCUT2D eigenvalue weighted by Crippen LogP contribution is -2.42. The molecule has 5 heteroatoms. The lowest BCUT2D eigenvalue weighted by Gasteiger charge is -2.23. The van der Waals surface area contributed by atoms with Crippen LogP contribution < -0.4 is 5.32 Å². The fraction of sp³-hybridized carbons (Fsp3) is 0.500. The summed E-state index contributed by atoms with van der Waals surface area (Å²) >= 11 is 6.04. The lowest BCUT2D eigenvalue weighted by molar-refractivity contribution is 0.0483. The maximum Gasteiger partial charge on any atom is 0.407 e. The molecule has 1 atom stereocenters. The summed E-state index contributed by atoms with van der Waals surface area (Å²) in [4.78, 5) is 11.6. The van der Waals surface area contributed by atoms with Crippen LogP contribution in [0.3, 0.4) is 0 Å². The second-order valence-corrected chi connectivity index (χ2v) is 5.73. The van der Waals surface area contributed by atoms with Crippen LogP contribution >= 0.6 is 11.6 Å². The minimum Gasteiger partial charge on any atom is -0.444 e. The van der Waals surface area contributed by atoms with Crippen molar-refractivity contribution in [2.45, 2.75) is 38.8 Å². The van der Waals surface area contributed by atoms with Crippen LogP contribution in [0.4, 0.5) is 4.79 Å². The first-order valence-corrected chi connectivity index (χ1v) is 6.53. The number of hydrogen-bond donors (Lipinski definition) is 2. The van der Waals surface area contributed by atoms with Crippen molar-refractivity contribution in [3.8, 4) is 0 Å². The molecule has 0 aliphatic heterocycles. The minimum atomic E-state index is -0.561. The topological polar surface area (TPSA) is 58.6 Å². The largest absolute Gasteiger partial charge is 0.444 e. The molecule has 0 radical (unpaired) electrons. The summed E-state index contributed by atoms with van der Waals surface area (Å²) in [6.45, 7) is 5.18. The Balaban J connectivity index is 2.60. The van der Waals surface area contributed by atoms with E-state index < -0.39 is 17.7 Å². The zero-order valence-corrected chi connectivity index (χ0v) is 12.2. The number of amides is 1. The van der Waals surface area contributed by atoms with Crippen molar-refractivity contribution in [1.29, 1.82) is 0 Å². The van der Waals surface area contributed by atoms with Gasteiger partial charge in [0.1, 0.15) is 5.60 Å². The molecular weight excluding hydrogens is 266 g/mol. The summed E-state index contributed by atoms with van der Waals surface area (Å²) in [6.07, 6.45) is -0.0892. The molecule has 0 saturated heterocycles. The second kappa shape index (κ2) is 6.78. The SMILES string of the molecule is CC(C)(C)OC(=O)NC(CO)Cc1ccccc1Cl. The van der Waals surface area contributed by atoms with Crippen LogP contribution in [-0.4, -0.2) is 29.4 Å². The highest BCUT2D eigenvalue weighted by Crippen LogP contribution is 2.16. The standard InChI is InChI=1S/C14H20ClNO3/c1-14(2,3)19-13(18)16-11(9-17)8-10-6-4-5-7-12(10)15/h4-7,11,17H,8-9H2,1-3H3,(H,16,18). The number of carbonyl (C=O) groups is 1. The van der Waals surface area contributed by atoms with E-state index in [1.54, 1.807) is 26.8 Å². The van der Waals surface area contributed by atoms with Crippen LogP contribution in [0.1, 0.15) is 26.3 Å². The van der Waals surface area contributed by atoms with Gasteiger partial charge in [0, 0.05) is 5.02 Å². The molecule has 1 amide bonds. The zero-order chi connectivity index (χ0) is 14.5. The zero-order valence-electron chi connectivity index (χ0n) is 11.4. The molecule has 1 aromatic carbocycles. The maximum absolute atomic E-state index is 11.6. The number of hydrogen-bond acceptors (Lipinski definition) is 3. The Morgan fingerprint density at radius 1 is 1.42 bits per heavy atom. The van der Waals surface area contributed by atoms with Gasteiger partial charge in [-0.25, -0.2) is 4.79 Å². The van der Waals surface area contributed by atoms with Gasteiger partial charge in [-0.15, -0.1) is 0 Å². The fourth-order valence-electron chi connectivity index (χ4n) is 1.56. The van der Waals surface area contributed by atoms with Gasteiger partial charge in [-0.05, 0) is 38.8 Å². The van der Waals surface area contributed by atoms with Gasteiger partial charge >= 0.3 is 6.09 Å². The molecule has 4 nitrogen and oxygen atoms in total. The Hall–Kier alpha value is -1.26. The Morgan fingerprint density at radius 3 is 2.58 bits per heavy atom. The third-order valence-corrected chi connectivity index (χ3v) is 2.73. The molecule has 0 aliphatic carbocycles. The Morgan fingerprint density at radius 2 is 2.05 bits per heavy atom. The molecule has 2 N–H and O–H groups in total. The van der Waals surface area contributed by atoms with Gasteiger partial charge in [0.05, 0.1) is 12.6 Å². The number of alkyl carbamates (subject to hydrolysis) is 1. The summed E-state index contributed by atoms with van der Waals surface area (Å²) in [5.41, 5.74) is 0.313.